The molecule has 36 heavy (non-hydrogen) atoms. The maximum atomic E-state index is 13.6. The van der Waals surface area contributed by atoms with E-state index in [1.807, 2.05) is 0 Å². The van der Waals surface area contributed by atoms with Gasteiger partial charge in [-0.25, -0.2) is 13.2 Å². The van der Waals surface area contributed by atoms with Crippen molar-refractivity contribution in [3.63, 3.8) is 0 Å². The lowest BCUT2D eigenvalue weighted by atomic mass is 9.95. The van der Waals surface area contributed by atoms with Crippen molar-refractivity contribution >= 4 is 23.5 Å². The predicted octanol–water partition coefficient (Wildman–Crippen LogP) is 4.20. The molecule has 1 fully saturated rings. The van der Waals surface area contributed by atoms with Crippen molar-refractivity contribution in [2.45, 2.75) is 57.6 Å². The fourth-order valence-corrected chi connectivity index (χ4v) is 4.06. The van der Waals surface area contributed by atoms with E-state index in [1.54, 1.807) is 26.8 Å². The Kier molecular flexibility index (Phi) is 6.82. The van der Waals surface area contributed by atoms with E-state index in [0.717, 1.165) is 10.7 Å². The minimum atomic E-state index is -2.94. The summed E-state index contributed by atoms with van der Waals surface area (Å²) in [7, 11) is 0. The summed E-state index contributed by atoms with van der Waals surface area (Å²) < 4.78 is 51.9. The summed E-state index contributed by atoms with van der Waals surface area (Å²) in [6, 6.07) is 5.09. The highest BCUT2D eigenvalue weighted by Crippen LogP contribution is 2.54. The van der Waals surface area contributed by atoms with Crippen LogP contribution in [0, 0.1) is 5.82 Å². The molecule has 0 saturated heterocycles. The van der Waals surface area contributed by atoms with E-state index in [2.05, 4.69) is 20.6 Å². The Hall–Kier alpha value is -3.41. The first-order chi connectivity index (χ1) is 16.9. The Balaban J connectivity index is 1.51. The topological polar surface area (TPSA) is 112 Å². The van der Waals surface area contributed by atoms with Crippen LogP contribution in [0.2, 0.25) is 5.02 Å². The van der Waals surface area contributed by atoms with E-state index in [-0.39, 0.29) is 22.4 Å². The number of halogens is 4. The third kappa shape index (κ3) is 5.53. The van der Waals surface area contributed by atoms with Gasteiger partial charge in [-0.2, -0.15) is 10.1 Å². The van der Waals surface area contributed by atoms with E-state index in [4.69, 9.17) is 20.9 Å². The van der Waals surface area contributed by atoms with Gasteiger partial charge in [0.15, 0.2) is 11.5 Å². The molecule has 0 atom stereocenters. The van der Waals surface area contributed by atoms with Crippen molar-refractivity contribution in [3.05, 3.63) is 52.2 Å². The minimum Gasteiger partial charge on any atom is -0.459 e. The minimum absolute atomic E-state index is 0.0509. The van der Waals surface area contributed by atoms with Crippen LogP contribution in [-0.2, 0) is 26.3 Å². The highest BCUT2D eigenvalue weighted by Gasteiger charge is 2.51. The Morgan fingerprint density at radius 2 is 2.00 bits per heavy atom. The fraction of sp³-hybridized carbons (Fsp3) is 0.435. The molecule has 0 bridgehead atoms. The van der Waals surface area contributed by atoms with Gasteiger partial charge in [0, 0.05) is 5.02 Å². The number of benzene rings is 1. The van der Waals surface area contributed by atoms with Crippen LogP contribution < -0.4 is 5.32 Å². The second kappa shape index (κ2) is 9.57. The molecular weight excluding hydrogens is 503 g/mol. The molecule has 9 nitrogen and oxygen atoms in total. The van der Waals surface area contributed by atoms with Crippen molar-refractivity contribution in [2.24, 2.45) is 0 Å². The number of amides is 1. The summed E-state index contributed by atoms with van der Waals surface area (Å²) in [4.78, 5) is 28.3. The molecular formula is C23H23ClF3N5O4. The summed E-state index contributed by atoms with van der Waals surface area (Å²) >= 11 is 6.22. The summed E-state index contributed by atoms with van der Waals surface area (Å²) in [5.41, 5.74) is -1.35. The van der Waals surface area contributed by atoms with Gasteiger partial charge in [-0.05, 0) is 57.4 Å². The molecule has 13 heteroatoms. The molecule has 1 aliphatic rings. The van der Waals surface area contributed by atoms with Gasteiger partial charge in [-0.15, -0.1) is 0 Å². The van der Waals surface area contributed by atoms with Crippen LogP contribution in [0.1, 0.15) is 57.1 Å². The van der Waals surface area contributed by atoms with Crippen molar-refractivity contribution in [2.75, 3.05) is 6.54 Å². The molecule has 4 rings (SSSR count). The number of carbonyl (C=O) groups is 2. The second-order valence-corrected chi connectivity index (χ2v) is 9.81. The maximum absolute atomic E-state index is 13.6. The number of hydrogen-bond acceptors (Lipinski definition) is 7. The molecule has 1 aliphatic carbocycles. The van der Waals surface area contributed by atoms with Crippen LogP contribution in [0.4, 0.5) is 13.2 Å². The lowest BCUT2D eigenvalue weighted by Gasteiger charge is -2.19. The average molecular weight is 526 g/mol. The molecule has 1 saturated carbocycles. The number of ether oxygens (including phenoxy) is 1. The monoisotopic (exact) mass is 525 g/mol. The third-order valence-corrected chi connectivity index (χ3v) is 5.76. The quantitative estimate of drug-likeness (QED) is 0.439. The van der Waals surface area contributed by atoms with Crippen LogP contribution in [0.5, 0.6) is 0 Å². The van der Waals surface area contributed by atoms with Crippen molar-refractivity contribution in [1.82, 2.24) is 25.2 Å². The van der Waals surface area contributed by atoms with Gasteiger partial charge in [0.2, 0.25) is 5.91 Å². The lowest BCUT2D eigenvalue weighted by molar-refractivity contribution is -0.154. The van der Waals surface area contributed by atoms with Gasteiger partial charge in [0.25, 0.3) is 12.3 Å². The number of nitrogens with one attached hydrogen (secondary N) is 1. The molecule has 1 amide bonds. The van der Waals surface area contributed by atoms with Gasteiger partial charge >= 0.3 is 5.97 Å². The molecule has 1 N–H and O–H groups in total. The molecule has 2 heterocycles. The lowest BCUT2D eigenvalue weighted by Crippen LogP contribution is -2.36. The summed E-state index contributed by atoms with van der Waals surface area (Å²) in [6.45, 7) is 4.04. The van der Waals surface area contributed by atoms with Gasteiger partial charge in [-0.3, -0.25) is 14.3 Å². The van der Waals surface area contributed by atoms with Crippen molar-refractivity contribution in [3.8, 4) is 11.6 Å². The highest BCUT2D eigenvalue weighted by atomic mass is 35.5. The van der Waals surface area contributed by atoms with Crippen molar-refractivity contribution in [1.29, 1.82) is 0 Å². The molecule has 0 aliphatic heterocycles. The van der Waals surface area contributed by atoms with Gasteiger partial charge in [0.05, 0.1) is 5.41 Å². The van der Waals surface area contributed by atoms with Crippen LogP contribution in [-0.4, -0.2) is 43.9 Å². The predicted molar refractivity (Wildman–Crippen MR) is 121 cm³/mol. The van der Waals surface area contributed by atoms with E-state index in [0.29, 0.717) is 18.4 Å². The Labute approximate surface area is 208 Å². The molecule has 3 aromatic rings. The Bertz CT molecular complexity index is 1300. The standard InChI is InChI=1S/C23H23ClF3N5O4/c1-22(2,3)35-18(34)10-28-17(33)11-32-16(19(26)27)9-15(30-32)20-29-21(31-36-20)23(6-7-23)13-5-4-12(25)8-14(13)24/h4-5,8-9,19H,6-7,10-11H2,1-3H3,(H,28,33). The van der Waals surface area contributed by atoms with E-state index in [1.165, 1.54) is 12.1 Å². The Morgan fingerprint density at radius 1 is 1.28 bits per heavy atom. The zero-order valence-electron chi connectivity index (χ0n) is 19.6. The normalized spacial score (nSPS) is 14.7. The summed E-state index contributed by atoms with van der Waals surface area (Å²) in [6.07, 6.45) is -1.65. The van der Waals surface area contributed by atoms with Crippen LogP contribution in [0.3, 0.4) is 0 Å². The molecule has 0 unspecified atom stereocenters. The fourth-order valence-electron chi connectivity index (χ4n) is 3.72. The van der Waals surface area contributed by atoms with Gasteiger partial charge in [-0.1, -0.05) is 22.8 Å². The highest BCUT2D eigenvalue weighted by molar-refractivity contribution is 6.31. The maximum Gasteiger partial charge on any atom is 0.325 e. The first kappa shape index (κ1) is 25.7. The summed E-state index contributed by atoms with van der Waals surface area (Å²) in [5, 5.41) is 10.6. The van der Waals surface area contributed by atoms with E-state index >= 15 is 0 Å². The first-order valence-electron chi connectivity index (χ1n) is 11.0. The SMILES string of the molecule is CC(C)(C)OC(=O)CNC(=O)Cn1nc(-c2nc(C3(c4ccc(F)cc4Cl)CC3)no2)cc1C(F)F. The van der Waals surface area contributed by atoms with Crippen LogP contribution in [0.15, 0.2) is 28.8 Å². The summed E-state index contributed by atoms with van der Waals surface area (Å²) in [5.74, 6) is -1.71. The van der Waals surface area contributed by atoms with Gasteiger partial charge < -0.3 is 14.6 Å². The van der Waals surface area contributed by atoms with Crippen molar-refractivity contribution < 1.29 is 32.0 Å². The number of aromatic nitrogens is 4. The Morgan fingerprint density at radius 3 is 2.61 bits per heavy atom. The number of nitrogens with zero attached hydrogens (tertiary/aromatic N) is 4. The smallest absolute Gasteiger partial charge is 0.325 e. The third-order valence-electron chi connectivity index (χ3n) is 5.45. The first-order valence-corrected chi connectivity index (χ1v) is 11.4. The largest absolute Gasteiger partial charge is 0.459 e. The zero-order valence-corrected chi connectivity index (χ0v) is 20.4. The van der Waals surface area contributed by atoms with Crippen LogP contribution >= 0.6 is 11.6 Å². The molecule has 2 aromatic heterocycles. The van der Waals surface area contributed by atoms with E-state index < -0.39 is 53.9 Å². The molecule has 1 aromatic carbocycles. The number of alkyl halides is 2. The average Bonchev–Trinajstić information content (AvgIpc) is 3.21. The van der Waals surface area contributed by atoms with E-state index in [9.17, 15) is 22.8 Å². The molecule has 0 spiro atoms. The molecule has 0 radical (unpaired) electrons. The number of esters is 1. The second-order valence-electron chi connectivity index (χ2n) is 9.41. The van der Waals surface area contributed by atoms with Crippen LogP contribution in [0.25, 0.3) is 11.6 Å². The number of carbonyl (C=O) groups excluding carboxylic acids is 2. The number of rotatable bonds is 8. The van der Waals surface area contributed by atoms with Gasteiger partial charge in [0.1, 0.15) is 30.2 Å². The molecule has 192 valence electrons. The number of hydrogen-bond donors (Lipinski definition) is 1. The zero-order chi connectivity index (χ0) is 26.3.